The molecule has 0 aromatic rings. The van der Waals surface area contributed by atoms with E-state index in [9.17, 15) is 0 Å². The second-order valence-electron chi connectivity index (χ2n) is 5.58. The Balaban J connectivity index is 2.22. The molecule has 1 saturated carbocycles. The van der Waals surface area contributed by atoms with E-state index < -0.39 is 0 Å². The molecular formula is C15H29IO. The van der Waals surface area contributed by atoms with Crippen LogP contribution in [0.5, 0.6) is 0 Å². The Morgan fingerprint density at radius 3 is 2.35 bits per heavy atom. The standard InChI is InChI=1S/C15H29IO/c1-3-5-6-7-12-17-15(13-16)10-8-14(4-2)9-11-15/h14H,3-13H2,1-2H3. The van der Waals surface area contributed by atoms with E-state index in [1.165, 1.54) is 62.2 Å². The van der Waals surface area contributed by atoms with Crippen LogP contribution < -0.4 is 0 Å². The van der Waals surface area contributed by atoms with Crippen molar-refractivity contribution in [3.63, 3.8) is 0 Å². The Kier molecular flexibility index (Phi) is 8.09. The van der Waals surface area contributed by atoms with E-state index in [4.69, 9.17) is 4.74 Å². The molecule has 102 valence electrons. The second-order valence-corrected chi connectivity index (χ2v) is 6.34. The van der Waals surface area contributed by atoms with Gasteiger partial charge >= 0.3 is 0 Å². The van der Waals surface area contributed by atoms with E-state index in [2.05, 4.69) is 36.4 Å². The van der Waals surface area contributed by atoms with Crippen LogP contribution in [0.2, 0.25) is 0 Å². The summed E-state index contributed by atoms with van der Waals surface area (Å²) >= 11 is 2.52. The lowest BCUT2D eigenvalue weighted by atomic mass is 9.79. The van der Waals surface area contributed by atoms with Gasteiger partial charge in [-0.2, -0.15) is 0 Å². The molecule has 0 atom stereocenters. The maximum absolute atomic E-state index is 6.25. The van der Waals surface area contributed by atoms with Gasteiger partial charge in [0.25, 0.3) is 0 Å². The lowest BCUT2D eigenvalue weighted by Crippen LogP contribution is -2.39. The number of halogens is 1. The molecule has 17 heavy (non-hydrogen) atoms. The molecule has 0 heterocycles. The van der Waals surface area contributed by atoms with Gasteiger partial charge in [0.1, 0.15) is 0 Å². The summed E-state index contributed by atoms with van der Waals surface area (Å²) in [6.45, 7) is 5.58. The molecule has 0 saturated heterocycles. The average molecular weight is 352 g/mol. The third-order valence-electron chi connectivity index (χ3n) is 4.24. The summed E-state index contributed by atoms with van der Waals surface area (Å²) in [6, 6.07) is 0. The summed E-state index contributed by atoms with van der Waals surface area (Å²) < 4.78 is 7.43. The molecule has 1 nitrogen and oxygen atoms in total. The highest BCUT2D eigenvalue weighted by molar-refractivity contribution is 14.1. The molecule has 0 bridgehead atoms. The Morgan fingerprint density at radius 1 is 1.12 bits per heavy atom. The van der Waals surface area contributed by atoms with Gasteiger partial charge in [0.15, 0.2) is 0 Å². The second kappa shape index (κ2) is 8.73. The number of hydrogen-bond acceptors (Lipinski definition) is 1. The number of rotatable bonds is 8. The van der Waals surface area contributed by atoms with Gasteiger partial charge in [-0.1, -0.05) is 62.1 Å². The topological polar surface area (TPSA) is 9.23 Å². The van der Waals surface area contributed by atoms with Crippen LogP contribution in [0.1, 0.15) is 71.6 Å². The fraction of sp³-hybridized carbons (Fsp3) is 1.00. The van der Waals surface area contributed by atoms with Crippen molar-refractivity contribution in [3.8, 4) is 0 Å². The van der Waals surface area contributed by atoms with Crippen molar-refractivity contribution in [3.05, 3.63) is 0 Å². The van der Waals surface area contributed by atoms with Crippen molar-refractivity contribution in [2.75, 3.05) is 11.0 Å². The monoisotopic (exact) mass is 352 g/mol. The smallest absolute Gasteiger partial charge is 0.0771 e. The van der Waals surface area contributed by atoms with Crippen molar-refractivity contribution in [2.24, 2.45) is 5.92 Å². The number of alkyl halides is 1. The summed E-state index contributed by atoms with van der Waals surface area (Å²) in [5.41, 5.74) is 0.235. The third kappa shape index (κ3) is 5.46. The quantitative estimate of drug-likeness (QED) is 0.325. The molecule has 1 aliphatic carbocycles. The van der Waals surface area contributed by atoms with Gasteiger partial charge in [0.05, 0.1) is 5.60 Å². The van der Waals surface area contributed by atoms with Crippen molar-refractivity contribution in [1.82, 2.24) is 0 Å². The van der Waals surface area contributed by atoms with Crippen molar-refractivity contribution in [2.45, 2.75) is 77.2 Å². The Morgan fingerprint density at radius 2 is 1.82 bits per heavy atom. The van der Waals surface area contributed by atoms with Gasteiger partial charge in [-0.3, -0.25) is 0 Å². The third-order valence-corrected chi connectivity index (χ3v) is 5.63. The summed E-state index contributed by atoms with van der Waals surface area (Å²) in [6.07, 6.45) is 12.0. The molecule has 0 N–H and O–H groups in total. The van der Waals surface area contributed by atoms with E-state index in [1.54, 1.807) is 0 Å². The molecule has 0 aliphatic heterocycles. The van der Waals surface area contributed by atoms with Gasteiger partial charge < -0.3 is 4.74 Å². The maximum Gasteiger partial charge on any atom is 0.0771 e. The fourth-order valence-electron chi connectivity index (χ4n) is 2.75. The van der Waals surface area contributed by atoms with Crippen LogP contribution in [0.4, 0.5) is 0 Å². The molecule has 0 aromatic heterocycles. The maximum atomic E-state index is 6.25. The summed E-state index contributed by atoms with van der Waals surface area (Å²) in [7, 11) is 0. The minimum Gasteiger partial charge on any atom is -0.374 e. The molecule has 0 spiro atoms. The molecule has 1 rings (SSSR count). The lowest BCUT2D eigenvalue weighted by Gasteiger charge is -2.39. The zero-order valence-electron chi connectivity index (χ0n) is 11.6. The zero-order valence-corrected chi connectivity index (χ0v) is 13.8. The summed E-state index contributed by atoms with van der Waals surface area (Å²) in [4.78, 5) is 0. The molecular weight excluding hydrogens is 323 g/mol. The lowest BCUT2D eigenvalue weighted by molar-refractivity contribution is -0.0601. The summed E-state index contributed by atoms with van der Waals surface area (Å²) in [5, 5.41) is 0. The van der Waals surface area contributed by atoms with Crippen LogP contribution in [0.3, 0.4) is 0 Å². The molecule has 1 aliphatic rings. The minimum atomic E-state index is 0.235. The van der Waals surface area contributed by atoms with Gasteiger partial charge in [-0.05, 0) is 38.0 Å². The van der Waals surface area contributed by atoms with Crippen molar-refractivity contribution in [1.29, 1.82) is 0 Å². The number of hydrogen-bond donors (Lipinski definition) is 0. The SMILES string of the molecule is CCCCCCOC1(CI)CCC(CC)CC1. The first-order chi connectivity index (χ1) is 8.26. The Hall–Kier alpha value is 0.690. The van der Waals surface area contributed by atoms with Crippen LogP contribution in [-0.2, 0) is 4.74 Å². The first kappa shape index (κ1) is 15.7. The molecule has 1 fully saturated rings. The van der Waals surface area contributed by atoms with E-state index in [-0.39, 0.29) is 5.60 Å². The van der Waals surface area contributed by atoms with E-state index in [1.807, 2.05) is 0 Å². The van der Waals surface area contributed by atoms with Crippen LogP contribution in [-0.4, -0.2) is 16.6 Å². The van der Waals surface area contributed by atoms with Crippen LogP contribution >= 0.6 is 22.6 Å². The molecule has 0 radical (unpaired) electrons. The predicted molar refractivity (Wildman–Crippen MR) is 84.0 cm³/mol. The molecule has 0 unspecified atom stereocenters. The largest absolute Gasteiger partial charge is 0.374 e. The Labute approximate surface area is 121 Å². The normalized spacial score (nSPS) is 29.5. The first-order valence-corrected chi connectivity index (χ1v) is 8.99. The van der Waals surface area contributed by atoms with Gasteiger partial charge in [-0.15, -0.1) is 0 Å². The minimum absolute atomic E-state index is 0.235. The van der Waals surface area contributed by atoms with Crippen LogP contribution in [0.25, 0.3) is 0 Å². The van der Waals surface area contributed by atoms with Crippen LogP contribution in [0, 0.1) is 5.92 Å². The van der Waals surface area contributed by atoms with Gasteiger partial charge in [-0.25, -0.2) is 0 Å². The van der Waals surface area contributed by atoms with Crippen molar-refractivity contribution < 1.29 is 4.74 Å². The van der Waals surface area contributed by atoms with Crippen LogP contribution in [0.15, 0.2) is 0 Å². The predicted octanol–water partition coefficient (Wildman–Crippen LogP) is 5.36. The van der Waals surface area contributed by atoms with Gasteiger partial charge in [0.2, 0.25) is 0 Å². The highest BCUT2D eigenvalue weighted by Gasteiger charge is 2.34. The highest BCUT2D eigenvalue weighted by Crippen LogP contribution is 2.37. The first-order valence-electron chi connectivity index (χ1n) is 7.46. The fourth-order valence-corrected chi connectivity index (χ4v) is 3.73. The summed E-state index contributed by atoms with van der Waals surface area (Å²) in [5.74, 6) is 0.967. The molecule has 0 amide bonds. The van der Waals surface area contributed by atoms with Crippen molar-refractivity contribution >= 4 is 22.6 Å². The number of unbranched alkanes of at least 4 members (excludes halogenated alkanes) is 3. The van der Waals surface area contributed by atoms with Gasteiger partial charge in [0, 0.05) is 11.0 Å². The van der Waals surface area contributed by atoms with E-state index in [0.29, 0.717) is 0 Å². The zero-order chi connectivity index (χ0) is 12.6. The number of ether oxygens (including phenoxy) is 1. The van der Waals surface area contributed by atoms with E-state index >= 15 is 0 Å². The van der Waals surface area contributed by atoms with E-state index in [0.717, 1.165) is 12.5 Å². The molecule has 0 aromatic carbocycles. The Bertz CT molecular complexity index is 185. The highest BCUT2D eigenvalue weighted by atomic mass is 127. The average Bonchev–Trinajstić information content (AvgIpc) is 2.39. The molecule has 2 heteroatoms.